The van der Waals surface area contributed by atoms with Gasteiger partial charge in [-0.1, -0.05) is 0 Å². The lowest BCUT2D eigenvalue weighted by molar-refractivity contribution is -0.935. The molecule has 13 heteroatoms. The monoisotopic (exact) mass is 631 g/mol. The number of carbonyl (C=O) groups excluding carboxylic acids is 1. The number of carbonyl (C=O) groups is 2. The van der Waals surface area contributed by atoms with Gasteiger partial charge in [-0.3, -0.25) is 0 Å². The Balaban J connectivity index is 0.00000441. The minimum Gasteiger partial charge on any atom is -0.545 e. The smallest absolute Gasteiger partial charge is 0.328 e. The minimum absolute atomic E-state index is 0. The standard InChI is InChI=1S/C29H37NO10.2ClH/c1-30(11-8-9-18(29(33)34)16-23(31)32)12-10-17-13-22(37-4)27(39-6)28(40-7)24(17)25(30)19-14-20(35-2)26(38-5)21(15-19)36-3;;/h13-16,25H,8-12H2,1-7H3,(H-,31,32,33,34);2*1H/t25-,30+;;/m1../s1. The summed E-state index contributed by atoms with van der Waals surface area (Å²) in [4.78, 5) is 22.7. The maximum absolute atomic E-state index is 11.5. The predicted molar refractivity (Wildman–Crippen MR) is 158 cm³/mol. The van der Waals surface area contributed by atoms with Gasteiger partial charge in [-0.25, -0.2) is 4.79 Å². The average Bonchev–Trinajstić information content (AvgIpc) is 2.94. The van der Waals surface area contributed by atoms with E-state index in [4.69, 9.17) is 33.5 Å². The van der Waals surface area contributed by atoms with Crippen LogP contribution in [0.3, 0.4) is 0 Å². The van der Waals surface area contributed by atoms with Crippen LogP contribution in [0.2, 0.25) is 0 Å². The first kappa shape index (κ1) is 36.5. The molecular weight excluding hydrogens is 593 g/mol. The van der Waals surface area contributed by atoms with Crippen LogP contribution in [0.5, 0.6) is 34.5 Å². The van der Waals surface area contributed by atoms with Gasteiger partial charge in [0.05, 0.1) is 74.3 Å². The van der Waals surface area contributed by atoms with Crippen molar-refractivity contribution in [3.05, 3.63) is 46.5 Å². The molecule has 11 nitrogen and oxygen atoms in total. The Morgan fingerprint density at radius 2 is 1.40 bits per heavy atom. The Bertz CT molecular complexity index is 1270. The first-order chi connectivity index (χ1) is 19.1. The van der Waals surface area contributed by atoms with Crippen molar-refractivity contribution in [3.63, 3.8) is 0 Å². The molecule has 0 saturated heterocycles. The SMILES string of the molecule is COc1cc([C@@H]2c3c(cc(OC)c(OC)c3OC)CC[N@+]2(C)CCCC(=CC(=O)O)C(=O)[O-])cc(OC)c1OC.Cl.Cl. The highest BCUT2D eigenvalue weighted by Gasteiger charge is 2.44. The molecule has 2 aromatic carbocycles. The fraction of sp³-hybridized carbons (Fsp3) is 0.448. The highest BCUT2D eigenvalue weighted by molar-refractivity contribution is 5.93. The number of hydrogen-bond acceptors (Lipinski definition) is 9. The van der Waals surface area contributed by atoms with E-state index < -0.39 is 11.9 Å². The van der Waals surface area contributed by atoms with E-state index in [1.54, 1.807) is 35.5 Å². The number of methoxy groups -OCH3 is 6. The van der Waals surface area contributed by atoms with Crippen LogP contribution in [0.15, 0.2) is 29.8 Å². The summed E-state index contributed by atoms with van der Waals surface area (Å²) in [5.41, 5.74) is 2.50. The molecule has 0 radical (unpaired) electrons. The van der Waals surface area contributed by atoms with Crippen LogP contribution < -0.4 is 33.5 Å². The molecule has 2 atom stereocenters. The summed E-state index contributed by atoms with van der Waals surface area (Å²) in [5.74, 6) is 0.142. The largest absolute Gasteiger partial charge is 0.545 e. The summed E-state index contributed by atoms with van der Waals surface area (Å²) in [7, 11) is 11.4. The van der Waals surface area contributed by atoms with Gasteiger partial charge in [0.2, 0.25) is 11.5 Å². The van der Waals surface area contributed by atoms with Gasteiger partial charge in [-0.05, 0) is 35.8 Å². The molecule has 3 rings (SSSR count). The summed E-state index contributed by atoms with van der Waals surface area (Å²) in [6.07, 6.45) is 1.81. The number of nitrogens with zero attached hydrogens (tertiary/aromatic N) is 1. The summed E-state index contributed by atoms with van der Waals surface area (Å²) in [6.45, 7) is 1.21. The fourth-order valence-electron chi connectivity index (χ4n) is 5.59. The Hall–Kier alpha value is -3.54. The molecule has 0 fully saturated rings. The van der Waals surface area contributed by atoms with E-state index in [0.29, 0.717) is 71.0 Å². The molecule has 1 heterocycles. The topological polar surface area (TPSA) is 133 Å². The summed E-state index contributed by atoms with van der Waals surface area (Å²) >= 11 is 0. The minimum atomic E-state index is -1.49. The number of quaternary nitrogens is 1. The molecule has 1 N–H and O–H groups in total. The lowest BCUT2D eigenvalue weighted by Crippen LogP contribution is -2.52. The van der Waals surface area contributed by atoms with Gasteiger partial charge in [0.25, 0.3) is 0 Å². The molecule has 0 bridgehead atoms. The number of carboxylic acids is 2. The number of ether oxygens (including phenoxy) is 6. The number of likely N-dealkylation sites (N-methyl/N-ethyl adjacent to an activating group) is 1. The average molecular weight is 633 g/mol. The Labute approximate surface area is 258 Å². The van der Waals surface area contributed by atoms with Gasteiger partial charge in [0.1, 0.15) is 6.04 Å². The third-order valence-corrected chi connectivity index (χ3v) is 7.42. The van der Waals surface area contributed by atoms with E-state index in [2.05, 4.69) is 7.05 Å². The molecule has 0 aliphatic carbocycles. The van der Waals surface area contributed by atoms with Crippen LogP contribution in [0.1, 0.15) is 35.6 Å². The van der Waals surface area contributed by atoms with E-state index in [-0.39, 0.29) is 42.8 Å². The number of carboxylic acid groups (broad SMARTS) is 2. The van der Waals surface area contributed by atoms with E-state index in [0.717, 1.165) is 16.7 Å². The van der Waals surface area contributed by atoms with Crippen molar-refractivity contribution >= 4 is 36.8 Å². The van der Waals surface area contributed by atoms with Gasteiger partial charge in [0.15, 0.2) is 23.0 Å². The number of rotatable bonds is 13. The summed E-state index contributed by atoms with van der Waals surface area (Å²) < 4.78 is 34.6. The third-order valence-electron chi connectivity index (χ3n) is 7.42. The van der Waals surface area contributed by atoms with Gasteiger partial charge in [-0.15, -0.1) is 24.8 Å². The lowest BCUT2D eigenvalue weighted by atomic mass is 9.84. The molecule has 0 spiro atoms. The van der Waals surface area contributed by atoms with Crippen molar-refractivity contribution in [2.45, 2.75) is 25.3 Å². The van der Waals surface area contributed by atoms with Crippen LogP contribution in [-0.2, 0) is 16.0 Å². The molecule has 0 saturated carbocycles. The maximum Gasteiger partial charge on any atom is 0.328 e. The number of aliphatic carboxylic acids is 2. The van der Waals surface area contributed by atoms with Gasteiger partial charge in [-0.2, -0.15) is 0 Å². The highest BCUT2D eigenvalue weighted by Crippen LogP contribution is 2.53. The summed E-state index contributed by atoms with van der Waals surface area (Å²) in [5, 5.41) is 20.6. The second-order valence-corrected chi connectivity index (χ2v) is 9.65. The number of halogens is 2. The molecule has 2 aromatic rings. The zero-order valence-electron chi connectivity index (χ0n) is 24.8. The zero-order chi connectivity index (χ0) is 29.6. The molecule has 0 amide bonds. The molecule has 1 aliphatic rings. The van der Waals surface area contributed by atoms with Crippen molar-refractivity contribution in [1.29, 1.82) is 0 Å². The molecule has 42 heavy (non-hydrogen) atoms. The van der Waals surface area contributed by atoms with Crippen LogP contribution in [0.25, 0.3) is 0 Å². The predicted octanol–water partition coefficient (Wildman–Crippen LogP) is 3.22. The number of fused-ring (bicyclic) bond motifs is 1. The maximum atomic E-state index is 11.5. The van der Waals surface area contributed by atoms with Crippen molar-refractivity contribution in [2.75, 3.05) is 62.8 Å². The third kappa shape index (κ3) is 7.26. The van der Waals surface area contributed by atoms with Gasteiger partial charge < -0.3 is 47.9 Å². The Kier molecular flexibility index (Phi) is 13.6. The molecule has 234 valence electrons. The molecule has 0 unspecified atom stereocenters. The second kappa shape index (κ2) is 15.6. The van der Waals surface area contributed by atoms with E-state index in [1.807, 2.05) is 18.2 Å². The first-order valence-corrected chi connectivity index (χ1v) is 12.7. The van der Waals surface area contributed by atoms with Crippen molar-refractivity contribution in [3.8, 4) is 34.5 Å². The zero-order valence-corrected chi connectivity index (χ0v) is 26.4. The van der Waals surface area contributed by atoms with Crippen LogP contribution >= 0.6 is 24.8 Å². The summed E-state index contributed by atoms with van der Waals surface area (Å²) in [6, 6.07) is 5.41. The van der Waals surface area contributed by atoms with E-state index in [1.165, 1.54) is 7.11 Å². The van der Waals surface area contributed by atoms with Crippen LogP contribution in [-0.4, -0.2) is 84.3 Å². The van der Waals surface area contributed by atoms with Crippen molar-refractivity contribution in [1.82, 2.24) is 0 Å². The van der Waals surface area contributed by atoms with E-state index >= 15 is 0 Å². The van der Waals surface area contributed by atoms with Crippen LogP contribution in [0.4, 0.5) is 0 Å². The number of hydrogen-bond donors (Lipinski definition) is 1. The Morgan fingerprint density at radius 3 is 1.86 bits per heavy atom. The molecule has 0 aromatic heterocycles. The number of benzene rings is 2. The fourth-order valence-corrected chi connectivity index (χ4v) is 5.59. The molecular formula is C29H39Cl2NO10. The first-order valence-electron chi connectivity index (χ1n) is 12.7. The molecule has 1 aliphatic heterocycles. The van der Waals surface area contributed by atoms with Crippen molar-refractivity contribution in [2.24, 2.45) is 0 Å². The van der Waals surface area contributed by atoms with Gasteiger partial charge in [0, 0.05) is 24.5 Å². The van der Waals surface area contributed by atoms with Gasteiger partial charge >= 0.3 is 5.97 Å². The quantitative estimate of drug-likeness (QED) is 0.259. The Morgan fingerprint density at radius 1 is 0.881 bits per heavy atom. The normalized spacial score (nSPS) is 17.5. The highest BCUT2D eigenvalue weighted by atomic mass is 35.5. The second-order valence-electron chi connectivity index (χ2n) is 9.65. The lowest BCUT2D eigenvalue weighted by Gasteiger charge is -2.46. The van der Waals surface area contributed by atoms with Crippen molar-refractivity contribution < 1.29 is 52.7 Å². The van der Waals surface area contributed by atoms with E-state index in [9.17, 15) is 14.7 Å². The van der Waals surface area contributed by atoms with Crippen LogP contribution in [0, 0.1) is 0 Å².